The predicted molar refractivity (Wildman–Crippen MR) is 134 cm³/mol. The molecular formula is C26H28ClF3N2O5S. The van der Waals surface area contributed by atoms with Crippen LogP contribution < -0.4 is 5.32 Å². The number of sulfone groups is 1. The van der Waals surface area contributed by atoms with E-state index in [4.69, 9.17) is 21.1 Å². The molecule has 0 aromatic heterocycles. The molecule has 38 heavy (non-hydrogen) atoms. The molecule has 2 bridgehead atoms. The van der Waals surface area contributed by atoms with E-state index in [-0.39, 0.29) is 39.4 Å². The number of rotatable bonds is 6. The van der Waals surface area contributed by atoms with Crippen LogP contribution in [0.25, 0.3) is 0 Å². The Labute approximate surface area is 224 Å². The zero-order chi connectivity index (χ0) is 27.4. The van der Waals surface area contributed by atoms with Crippen LogP contribution in [0.2, 0.25) is 5.02 Å². The van der Waals surface area contributed by atoms with E-state index in [0.717, 1.165) is 12.8 Å². The Kier molecular flexibility index (Phi) is 7.27. The minimum atomic E-state index is -3.90. The maximum atomic E-state index is 13.7. The molecule has 0 radical (unpaired) electrons. The van der Waals surface area contributed by atoms with Crippen LogP contribution in [0.5, 0.6) is 0 Å². The zero-order valence-electron chi connectivity index (χ0n) is 20.8. The van der Waals surface area contributed by atoms with E-state index in [1.165, 1.54) is 18.2 Å². The molecule has 12 heteroatoms. The summed E-state index contributed by atoms with van der Waals surface area (Å²) in [5.74, 6) is -6.03. The van der Waals surface area contributed by atoms with Crippen molar-refractivity contribution in [1.29, 1.82) is 0 Å². The third kappa shape index (κ3) is 5.31. The van der Waals surface area contributed by atoms with Crippen LogP contribution in [0.1, 0.15) is 49.9 Å². The predicted octanol–water partition coefficient (Wildman–Crippen LogP) is 4.93. The Morgan fingerprint density at radius 3 is 2.32 bits per heavy atom. The van der Waals surface area contributed by atoms with Gasteiger partial charge in [-0.25, -0.2) is 21.6 Å². The fourth-order valence-electron chi connectivity index (χ4n) is 5.74. The van der Waals surface area contributed by atoms with Gasteiger partial charge in [-0.15, -0.1) is 0 Å². The van der Waals surface area contributed by atoms with E-state index < -0.39 is 44.2 Å². The van der Waals surface area contributed by atoms with Crippen LogP contribution in [-0.2, 0) is 19.3 Å². The highest BCUT2D eigenvalue weighted by atomic mass is 35.5. The Morgan fingerprint density at radius 1 is 1.11 bits per heavy atom. The van der Waals surface area contributed by atoms with Crippen LogP contribution in [0.4, 0.5) is 18.9 Å². The highest BCUT2D eigenvalue weighted by Gasteiger charge is 2.47. The Balaban J connectivity index is 1.32. The average molecular weight is 573 g/mol. The second-order valence-electron chi connectivity index (χ2n) is 10.5. The number of nitrogens with zero attached hydrogens (tertiary/aromatic N) is 1. The van der Waals surface area contributed by atoms with Gasteiger partial charge in [0.05, 0.1) is 27.9 Å². The first kappa shape index (κ1) is 27.4. The van der Waals surface area contributed by atoms with Crippen molar-refractivity contribution < 1.29 is 35.9 Å². The average Bonchev–Trinajstić information content (AvgIpc) is 3.29. The number of nitrogens with one attached hydrogen (secondary N) is 1. The summed E-state index contributed by atoms with van der Waals surface area (Å²) in [6.07, 6.45) is 2.55. The third-order valence-corrected chi connectivity index (χ3v) is 10.2. The minimum absolute atomic E-state index is 0.0195. The van der Waals surface area contributed by atoms with E-state index in [1.54, 1.807) is 0 Å². The zero-order valence-corrected chi connectivity index (χ0v) is 22.4. The topological polar surface area (TPSA) is 84.9 Å². The number of fused-ring (bicyclic) bond motifs is 2. The summed E-state index contributed by atoms with van der Waals surface area (Å²) in [4.78, 5) is 14.9. The summed E-state index contributed by atoms with van der Waals surface area (Å²) >= 11 is 6.29. The highest BCUT2D eigenvalue weighted by molar-refractivity contribution is 7.92. The standard InChI is InChI=1S/C26H28ClF3N2O5S/c1-26(2)36-13-18(37-26)12-32-16-4-5-17(32)11-19(10-16)38(34,35)23-7-14(3-6-20(23)27)25(33)31-15-8-21(28)24(30)22(29)9-15/h3,6-9,16-19H,4-5,10-13H2,1-2H3,(H,31,33)/t16?,17?,18-,19?/m0/s1. The molecule has 3 fully saturated rings. The molecule has 206 valence electrons. The van der Waals surface area contributed by atoms with E-state index in [1.807, 2.05) is 13.8 Å². The van der Waals surface area contributed by atoms with Gasteiger partial charge in [-0.3, -0.25) is 9.69 Å². The molecular weight excluding hydrogens is 545 g/mol. The van der Waals surface area contributed by atoms with Gasteiger partial charge in [0.25, 0.3) is 5.91 Å². The number of hydrogen-bond acceptors (Lipinski definition) is 6. The van der Waals surface area contributed by atoms with Gasteiger partial charge in [0, 0.05) is 42.0 Å². The van der Waals surface area contributed by atoms with Crippen LogP contribution in [-0.4, -0.2) is 61.6 Å². The molecule has 3 saturated heterocycles. The lowest BCUT2D eigenvalue weighted by Crippen LogP contribution is -2.50. The summed E-state index contributed by atoms with van der Waals surface area (Å²) in [5, 5.41) is 1.57. The van der Waals surface area contributed by atoms with E-state index in [9.17, 15) is 26.4 Å². The molecule has 0 saturated carbocycles. The number of amides is 1. The second kappa shape index (κ2) is 10.1. The molecule has 3 aliphatic rings. The summed E-state index contributed by atoms with van der Waals surface area (Å²) in [5.41, 5.74) is -0.380. The smallest absolute Gasteiger partial charge is 0.255 e. The number of carbonyl (C=O) groups is 1. The van der Waals surface area contributed by atoms with Crippen LogP contribution in [0, 0.1) is 17.5 Å². The quantitative estimate of drug-likeness (QED) is 0.494. The van der Waals surface area contributed by atoms with Gasteiger partial charge in [-0.2, -0.15) is 0 Å². The van der Waals surface area contributed by atoms with Crippen LogP contribution in [0.3, 0.4) is 0 Å². The summed E-state index contributed by atoms with van der Waals surface area (Å²) in [6.45, 7) is 4.91. The monoisotopic (exact) mass is 572 g/mol. The maximum absolute atomic E-state index is 13.7. The summed E-state index contributed by atoms with van der Waals surface area (Å²) < 4.78 is 79.3. The van der Waals surface area contributed by atoms with Gasteiger partial charge in [0.15, 0.2) is 33.1 Å². The number of ether oxygens (including phenoxy) is 2. The Bertz CT molecular complexity index is 1340. The molecule has 3 atom stereocenters. The number of carbonyl (C=O) groups excluding carboxylic acids is 1. The fraction of sp³-hybridized carbons (Fsp3) is 0.500. The van der Waals surface area contributed by atoms with Crippen molar-refractivity contribution in [2.45, 2.75) is 73.7 Å². The lowest BCUT2D eigenvalue weighted by Gasteiger charge is -2.39. The van der Waals surface area contributed by atoms with Crippen molar-refractivity contribution in [3.8, 4) is 0 Å². The van der Waals surface area contributed by atoms with E-state index >= 15 is 0 Å². The van der Waals surface area contributed by atoms with Crippen molar-refractivity contribution >= 4 is 33.0 Å². The van der Waals surface area contributed by atoms with Gasteiger partial charge < -0.3 is 14.8 Å². The molecule has 3 aliphatic heterocycles. The lowest BCUT2D eigenvalue weighted by molar-refractivity contribution is -0.141. The van der Waals surface area contributed by atoms with Crippen molar-refractivity contribution in [2.75, 3.05) is 18.5 Å². The summed E-state index contributed by atoms with van der Waals surface area (Å²) in [7, 11) is -3.90. The van der Waals surface area contributed by atoms with E-state index in [0.29, 0.717) is 38.1 Å². The molecule has 5 rings (SSSR count). The molecule has 2 aromatic rings. The second-order valence-corrected chi connectivity index (χ2v) is 13.1. The molecule has 0 aliphatic carbocycles. The maximum Gasteiger partial charge on any atom is 0.255 e. The third-order valence-electron chi connectivity index (χ3n) is 7.50. The van der Waals surface area contributed by atoms with Crippen molar-refractivity contribution in [1.82, 2.24) is 4.90 Å². The van der Waals surface area contributed by atoms with Crippen molar-refractivity contribution in [2.24, 2.45) is 0 Å². The molecule has 2 aromatic carbocycles. The summed E-state index contributed by atoms with van der Waals surface area (Å²) in [6, 6.07) is 5.21. The van der Waals surface area contributed by atoms with Crippen molar-refractivity contribution in [3.63, 3.8) is 0 Å². The van der Waals surface area contributed by atoms with Crippen LogP contribution in [0.15, 0.2) is 35.2 Å². The SMILES string of the molecule is CC1(C)OC[C@H](CN2C3CCC2CC(S(=O)(=O)c2cc(C(=O)Nc4cc(F)c(F)c(F)c4)ccc2Cl)C3)O1. The number of anilines is 1. The fourth-order valence-corrected chi connectivity index (χ4v) is 8.12. The first-order valence-electron chi connectivity index (χ1n) is 12.4. The largest absolute Gasteiger partial charge is 0.348 e. The van der Waals surface area contributed by atoms with Gasteiger partial charge in [0.2, 0.25) is 0 Å². The first-order chi connectivity index (χ1) is 17.8. The van der Waals surface area contributed by atoms with E-state index in [2.05, 4.69) is 10.2 Å². The first-order valence-corrected chi connectivity index (χ1v) is 14.3. The number of piperidine rings is 1. The molecule has 0 spiro atoms. The highest BCUT2D eigenvalue weighted by Crippen LogP contribution is 2.41. The Hall–Kier alpha value is -2.18. The van der Waals surface area contributed by atoms with Crippen LogP contribution >= 0.6 is 11.6 Å². The molecule has 1 N–H and O–H groups in total. The number of benzene rings is 2. The molecule has 2 unspecified atom stereocenters. The molecule has 1 amide bonds. The normalized spacial score (nSPS) is 27.0. The molecule has 7 nitrogen and oxygen atoms in total. The van der Waals surface area contributed by atoms with Gasteiger partial charge in [0.1, 0.15) is 0 Å². The van der Waals surface area contributed by atoms with Gasteiger partial charge in [-0.05, 0) is 57.7 Å². The molecule has 3 heterocycles. The minimum Gasteiger partial charge on any atom is -0.348 e. The number of hydrogen-bond donors (Lipinski definition) is 1. The van der Waals surface area contributed by atoms with Crippen molar-refractivity contribution in [3.05, 3.63) is 58.4 Å². The van der Waals surface area contributed by atoms with Gasteiger partial charge in [-0.1, -0.05) is 11.6 Å². The lowest BCUT2D eigenvalue weighted by atomic mass is 10.0. The number of halogens is 4. The van der Waals surface area contributed by atoms with Gasteiger partial charge >= 0.3 is 0 Å². The Morgan fingerprint density at radius 2 is 1.74 bits per heavy atom.